The van der Waals surface area contributed by atoms with Crippen LogP contribution in [0, 0.1) is 0 Å². The van der Waals surface area contributed by atoms with E-state index in [-0.39, 0.29) is 17.7 Å². The molecule has 1 aliphatic heterocycles. The van der Waals surface area contributed by atoms with Crippen molar-refractivity contribution in [3.63, 3.8) is 0 Å². The summed E-state index contributed by atoms with van der Waals surface area (Å²) in [4.78, 5) is 19.4. The number of rotatable bonds is 5. The summed E-state index contributed by atoms with van der Waals surface area (Å²) in [5.41, 5.74) is 2.45. The van der Waals surface area contributed by atoms with Gasteiger partial charge in [-0.2, -0.15) is 0 Å². The summed E-state index contributed by atoms with van der Waals surface area (Å²) >= 11 is 0. The van der Waals surface area contributed by atoms with E-state index in [4.69, 9.17) is 0 Å². The van der Waals surface area contributed by atoms with Gasteiger partial charge in [0.25, 0.3) is 5.91 Å². The number of phenolic OH excluding ortho intramolecular Hbond substituents is 1. The monoisotopic (exact) mass is 361 g/mol. The number of carbonyl (C=O) groups excluding carboxylic acids is 1. The van der Waals surface area contributed by atoms with E-state index in [0.717, 1.165) is 29.6 Å². The number of likely N-dealkylation sites (tertiary alicyclic amines) is 1. The quantitative estimate of drug-likeness (QED) is 0.730. The van der Waals surface area contributed by atoms with Crippen LogP contribution in [-0.2, 0) is 0 Å². The molecule has 1 unspecified atom stereocenters. The van der Waals surface area contributed by atoms with Crippen molar-refractivity contribution in [1.82, 2.24) is 15.2 Å². The SMILES string of the molecule is O=C(NCC(c1cccc(O)c1)N1CCCC1)c1ccc2cccnc2c1. The van der Waals surface area contributed by atoms with Crippen LogP contribution >= 0.6 is 0 Å². The highest BCUT2D eigenvalue weighted by atomic mass is 16.3. The maximum absolute atomic E-state index is 12.7. The van der Waals surface area contributed by atoms with E-state index in [1.54, 1.807) is 18.3 Å². The number of hydrogen-bond donors (Lipinski definition) is 2. The fourth-order valence-corrected chi connectivity index (χ4v) is 3.74. The van der Waals surface area contributed by atoms with Crippen molar-refractivity contribution >= 4 is 16.8 Å². The molecule has 27 heavy (non-hydrogen) atoms. The van der Waals surface area contributed by atoms with Gasteiger partial charge in [0.15, 0.2) is 0 Å². The second-order valence-corrected chi connectivity index (χ2v) is 6.97. The molecule has 2 heterocycles. The first-order valence-corrected chi connectivity index (χ1v) is 9.37. The minimum Gasteiger partial charge on any atom is -0.508 e. The largest absolute Gasteiger partial charge is 0.508 e. The van der Waals surface area contributed by atoms with Crippen LogP contribution in [0.2, 0.25) is 0 Å². The Kier molecular flexibility index (Phi) is 5.03. The molecule has 0 bridgehead atoms. The minimum atomic E-state index is -0.105. The molecule has 0 saturated carbocycles. The molecule has 5 nitrogen and oxygen atoms in total. The van der Waals surface area contributed by atoms with Crippen molar-refractivity contribution in [3.05, 3.63) is 71.9 Å². The highest BCUT2D eigenvalue weighted by Gasteiger charge is 2.24. The van der Waals surface area contributed by atoms with Crippen molar-refractivity contribution < 1.29 is 9.90 Å². The average Bonchev–Trinajstić information content (AvgIpc) is 3.22. The van der Waals surface area contributed by atoms with Gasteiger partial charge in [-0.1, -0.05) is 24.3 Å². The number of nitrogens with zero attached hydrogens (tertiary/aromatic N) is 2. The third-order valence-electron chi connectivity index (χ3n) is 5.16. The van der Waals surface area contributed by atoms with Crippen LogP contribution in [0.1, 0.15) is 34.8 Å². The Bertz CT molecular complexity index is 951. The van der Waals surface area contributed by atoms with Gasteiger partial charge in [0.2, 0.25) is 0 Å². The van der Waals surface area contributed by atoms with E-state index in [1.807, 2.05) is 42.5 Å². The Morgan fingerprint density at radius 1 is 1.11 bits per heavy atom. The number of pyridine rings is 1. The van der Waals surface area contributed by atoms with E-state index in [0.29, 0.717) is 12.1 Å². The molecule has 0 spiro atoms. The molecule has 1 saturated heterocycles. The van der Waals surface area contributed by atoms with Crippen molar-refractivity contribution in [3.8, 4) is 5.75 Å². The van der Waals surface area contributed by atoms with E-state index < -0.39 is 0 Å². The maximum Gasteiger partial charge on any atom is 0.251 e. The van der Waals surface area contributed by atoms with E-state index in [1.165, 1.54) is 12.8 Å². The summed E-state index contributed by atoms with van der Waals surface area (Å²) in [5.74, 6) is 0.149. The van der Waals surface area contributed by atoms with Crippen LogP contribution in [0.5, 0.6) is 5.75 Å². The Labute approximate surface area is 158 Å². The number of aromatic hydroxyl groups is 1. The molecule has 138 valence electrons. The minimum absolute atomic E-state index is 0.0575. The van der Waals surface area contributed by atoms with Gasteiger partial charge in [0, 0.05) is 23.7 Å². The lowest BCUT2D eigenvalue weighted by atomic mass is 10.0. The van der Waals surface area contributed by atoms with Crippen molar-refractivity contribution in [2.75, 3.05) is 19.6 Å². The Morgan fingerprint density at radius 3 is 2.78 bits per heavy atom. The Balaban J connectivity index is 1.51. The molecule has 4 rings (SSSR count). The van der Waals surface area contributed by atoms with E-state index >= 15 is 0 Å². The third-order valence-corrected chi connectivity index (χ3v) is 5.16. The molecule has 1 fully saturated rings. The summed E-state index contributed by atoms with van der Waals surface area (Å²) < 4.78 is 0. The van der Waals surface area contributed by atoms with Crippen molar-refractivity contribution in [2.45, 2.75) is 18.9 Å². The van der Waals surface area contributed by atoms with Crippen molar-refractivity contribution in [1.29, 1.82) is 0 Å². The van der Waals surface area contributed by atoms with Gasteiger partial charge in [-0.3, -0.25) is 14.7 Å². The second kappa shape index (κ2) is 7.76. The Morgan fingerprint density at radius 2 is 1.96 bits per heavy atom. The van der Waals surface area contributed by atoms with Crippen molar-refractivity contribution in [2.24, 2.45) is 0 Å². The molecule has 2 aromatic carbocycles. The van der Waals surface area contributed by atoms with Crippen LogP contribution in [0.4, 0.5) is 0 Å². The highest BCUT2D eigenvalue weighted by Crippen LogP contribution is 2.27. The number of phenols is 1. The van der Waals surface area contributed by atoms with Gasteiger partial charge < -0.3 is 10.4 Å². The molecular weight excluding hydrogens is 338 g/mol. The van der Waals surface area contributed by atoms with E-state index in [9.17, 15) is 9.90 Å². The van der Waals surface area contributed by atoms with Crippen LogP contribution < -0.4 is 5.32 Å². The van der Waals surface area contributed by atoms with Crippen LogP contribution in [0.25, 0.3) is 10.9 Å². The molecule has 0 radical (unpaired) electrons. The smallest absolute Gasteiger partial charge is 0.251 e. The molecule has 3 aromatic rings. The normalized spacial score (nSPS) is 15.7. The van der Waals surface area contributed by atoms with Gasteiger partial charge in [-0.05, 0) is 61.8 Å². The number of amides is 1. The summed E-state index contributed by atoms with van der Waals surface area (Å²) in [5, 5.41) is 13.9. The summed E-state index contributed by atoms with van der Waals surface area (Å²) in [6.45, 7) is 2.52. The standard InChI is InChI=1S/C22H23N3O2/c26-19-7-3-5-17(13-19)21(25-11-1-2-12-25)15-24-22(27)18-9-8-16-6-4-10-23-20(16)14-18/h3-10,13-14,21,26H,1-2,11-12,15H2,(H,24,27). The molecule has 1 amide bonds. The first-order valence-electron chi connectivity index (χ1n) is 9.37. The molecule has 1 atom stereocenters. The zero-order chi connectivity index (χ0) is 18.6. The molecule has 0 aliphatic carbocycles. The molecule has 2 N–H and O–H groups in total. The molecule has 1 aliphatic rings. The number of nitrogens with one attached hydrogen (secondary N) is 1. The van der Waals surface area contributed by atoms with Gasteiger partial charge in [0.05, 0.1) is 11.6 Å². The molecule has 5 heteroatoms. The van der Waals surface area contributed by atoms with Gasteiger partial charge in [-0.25, -0.2) is 0 Å². The number of benzene rings is 2. The first kappa shape index (κ1) is 17.5. The average molecular weight is 361 g/mol. The lowest BCUT2D eigenvalue weighted by Crippen LogP contribution is -2.36. The fourth-order valence-electron chi connectivity index (χ4n) is 3.74. The van der Waals surface area contributed by atoms with Crippen LogP contribution in [0.15, 0.2) is 60.8 Å². The fraction of sp³-hybridized carbons (Fsp3) is 0.273. The van der Waals surface area contributed by atoms with Gasteiger partial charge >= 0.3 is 0 Å². The second-order valence-electron chi connectivity index (χ2n) is 6.97. The zero-order valence-corrected chi connectivity index (χ0v) is 15.1. The molecular formula is C22H23N3O2. The van der Waals surface area contributed by atoms with Gasteiger partial charge in [0.1, 0.15) is 5.75 Å². The van der Waals surface area contributed by atoms with E-state index in [2.05, 4.69) is 15.2 Å². The number of aromatic nitrogens is 1. The number of fused-ring (bicyclic) bond motifs is 1. The number of hydrogen-bond acceptors (Lipinski definition) is 4. The lowest BCUT2D eigenvalue weighted by Gasteiger charge is -2.28. The predicted molar refractivity (Wildman–Crippen MR) is 106 cm³/mol. The Hall–Kier alpha value is -2.92. The third kappa shape index (κ3) is 3.93. The summed E-state index contributed by atoms with van der Waals surface area (Å²) in [6.07, 6.45) is 4.06. The van der Waals surface area contributed by atoms with Crippen LogP contribution in [-0.4, -0.2) is 40.5 Å². The highest BCUT2D eigenvalue weighted by molar-refractivity contribution is 5.97. The topological polar surface area (TPSA) is 65.5 Å². The maximum atomic E-state index is 12.7. The summed E-state index contributed by atoms with van der Waals surface area (Å²) in [6, 6.07) is 16.8. The van der Waals surface area contributed by atoms with Crippen LogP contribution in [0.3, 0.4) is 0 Å². The first-order chi connectivity index (χ1) is 13.2. The van der Waals surface area contributed by atoms with Gasteiger partial charge in [-0.15, -0.1) is 0 Å². The lowest BCUT2D eigenvalue weighted by molar-refractivity contribution is 0.0938. The molecule has 1 aromatic heterocycles. The predicted octanol–water partition coefficient (Wildman–Crippen LogP) is 3.51. The summed E-state index contributed by atoms with van der Waals surface area (Å²) in [7, 11) is 0. The zero-order valence-electron chi connectivity index (χ0n) is 15.1. The number of carbonyl (C=O) groups is 1.